The van der Waals surface area contributed by atoms with E-state index < -0.39 is 15.9 Å². The van der Waals surface area contributed by atoms with E-state index in [4.69, 9.17) is 75.0 Å². The number of carbonyl (C=O) groups is 1. The minimum absolute atomic E-state index is 0.160. The van der Waals surface area contributed by atoms with Crippen LogP contribution in [0.3, 0.4) is 0 Å². The molecule has 2 aromatic rings. The number of anilines is 1. The van der Waals surface area contributed by atoms with Crippen molar-refractivity contribution in [2.24, 2.45) is 0 Å². The predicted octanol–water partition coefficient (Wildman–Crippen LogP) is 5.78. The Morgan fingerprint density at radius 1 is 1.14 bits per heavy atom. The first kappa shape index (κ1) is 24.8. The molecule has 0 saturated heterocycles. The highest BCUT2D eigenvalue weighted by molar-refractivity contribution is 14.1. The van der Waals surface area contributed by atoms with Crippen LogP contribution in [0.1, 0.15) is 0 Å². The first-order valence-corrected chi connectivity index (χ1v) is 11.2. The third kappa shape index (κ3) is 8.32. The summed E-state index contributed by atoms with van der Waals surface area (Å²) in [4.78, 5) is 12.3. The summed E-state index contributed by atoms with van der Waals surface area (Å²) in [6, 6.07) is 12.1. The highest BCUT2D eigenvalue weighted by atomic mass is 127. The Morgan fingerprint density at radius 3 is 2.45 bits per heavy atom. The van der Waals surface area contributed by atoms with Crippen molar-refractivity contribution in [2.45, 2.75) is 9.96 Å². The fraction of sp³-hybridized carbons (Fsp3) is 0.176. The number of para-hydroxylation sites is 1. The molecule has 0 aromatic heterocycles. The Morgan fingerprint density at radius 2 is 1.83 bits per heavy atom. The van der Waals surface area contributed by atoms with Gasteiger partial charge in [-0.15, -0.1) is 0 Å². The average Bonchev–Trinajstić information content (AvgIpc) is 2.61. The molecule has 0 spiro atoms. The van der Waals surface area contributed by atoms with Gasteiger partial charge in [-0.1, -0.05) is 70.1 Å². The van der Waals surface area contributed by atoms with Crippen LogP contribution >= 0.6 is 92.8 Å². The molecule has 5 nitrogen and oxygen atoms in total. The van der Waals surface area contributed by atoms with Gasteiger partial charge in [0.15, 0.2) is 11.7 Å². The molecule has 2 aromatic carbocycles. The largest absolute Gasteiger partial charge is 0.482 e. The highest BCUT2D eigenvalue weighted by Gasteiger charge is 2.34. The Labute approximate surface area is 211 Å². The van der Waals surface area contributed by atoms with Crippen LogP contribution in [0.2, 0.25) is 10.0 Å². The zero-order valence-corrected chi connectivity index (χ0v) is 21.1. The third-order valence-electron chi connectivity index (χ3n) is 3.28. The van der Waals surface area contributed by atoms with Crippen LogP contribution in [0.25, 0.3) is 0 Å². The molecule has 0 aliphatic heterocycles. The van der Waals surface area contributed by atoms with Gasteiger partial charge < -0.3 is 20.7 Å². The van der Waals surface area contributed by atoms with E-state index in [0.29, 0.717) is 10.8 Å². The number of rotatable bonds is 6. The lowest BCUT2D eigenvalue weighted by Gasteiger charge is -2.28. The number of benzene rings is 2. The minimum Gasteiger partial charge on any atom is -0.482 e. The van der Waals surface area contributed by atoms with Crippen LogP contribution < -0.4 is 20.7 Å². The van der Waals surface area contributed by atoms with Crippen molar-refractivity contribution >= 4 is 110 Å². The van der Waals surface area contributed by atoms with Gasteiger partial charge in [0.2, 0.25) is 3.79 Å². The van der Waals surface area contributed by atoms with Crippen molar-refractivity contribution in [3.05, 3.63) is 56.1 Å². The zero-order chi connectivity index (χ0) is 21.6. The normalized spacial score (nSPS) is 12.1. The molecule has 29 heavy (non-hydrogen) atoms. The quantitative estimate of drug-likeness (QED) is 0.164. The van der Waals surface area contributed by atoms with E-state index in [-0.39, 0.29) is 16.7 Å². The molecule has 1 atom stereocenters. The molecule has 1 amide bonds. The summed E-state index contributed by atoms with van der Waals surface area (Å²) in [6.45, 7) is -0.364. The van der Waals surface area contributed by atoms with Crippen LogP contribution in [0.5, 0.6) is 5.75 Å². The number of alkyl halides is 3. The van der Waals surface area contributed by atoms with Gasteiger partial charge in [0.25, 0.3) is 5.91 Å². The first-order valence-electron chi connectivity index (χ1n) is 7.82. The van der Waals surface area contributed by atoms with Crippen molar-refractivity contribution in [3.8, 4) is 5.75 Å². The molecule has 0 bridgehead atoms. The van der Waals surface area contributed by atoms with E-state index in [2.05, 4.69) is 38.5 Å². The van der Waals surface area contributed by atoms with Gasteiger partial charge in [0.05, 0.1) is 10.7 Å². The molecule has 0 saturated carbocycles. The van der Waals surface area contributed by atoms with Gasteiger partial charge in [-0.2, -0.15) is 0 Å². The molecule has 3 N–H and O–H groups in total. The molecule has 0 aliphatic rings. The van der Waals surface area contributed by atoms with E-state index in [1.54, 1.807) is 12.1 Å². The Bertz CT molecular complexity index is 898. The Kier molecular flexibility index (Phi) is 9.66. The number of hydrogen-bond donors (Lipinski definition) is 3. The average molecular weight is 628 g/mol. The molecule has 0 aliphatic carbocycles. The van der Waals surface area contributed by atoms with Gasteiger partial charge >= 0.3 is 0 Å². The Balaban J connectivity index is 1.96. The topological polar surface area (TPSA) is 62.4 Å². The zero-order valence-electron chi connectivity index (χ0n) is 14.3. The summed E-state index contributed by atoms with van der Waals surface area (Å²) in [5.74, 6) is -0.266. The standard InChI is InChI=1S/C17H13Cl5IN3O2S/c18-9-5-6-13(10(19)7-9)28-8-14(27)25-15(17(20,21)22)26-16(29)24-12-4-2-1-3-11(12)23/h1-7,15H,8H2,(H,25,27)(H2,24,26,29)/t15-/m1/s1. The van der Waals surface area contributed by atoms with Crippen molar-refractivity contribution in [1.82, 2.24) is 10.6 Å². The number of carbonyl (C=O) groups excluding carboxylic acids is 1. The number of halogens is 6. The van der Waals surface area contributed by atoms with Crippen LogP contribution in [0.15, 0.2) is 42.5 Å². The third-order valence-corrected chi connectivity index (χ3v) is 5.63. The second-order valence-corrected chi connectivity index (χ2v) is 10.3. The fourth-order valence-electron chi connectivity index (χ4n) is 1.99. The summed E-state index contributed by atoms with van der Waals surface area (Å²) >= 11 is 37.1. The van der Waals surface area contributed by atoms with Crippen LogP contribution in [0.4, 0.5) is 5.69 Å². The number of thiocarbonyl (C=S) groups is 1. The summed E-state index contributed by atoms with van der Waals surface area (Å²) in [6.07, 6.45) is -1.12. The molecule has 0 fully saturated rings. The number of hydrogen-bond acceptors (Lipinski definition) is 3. The minimum atomic E-state index is -1.89. The first-order chi connectivity index (χ1) is 13.6. The lowest BCUT2D eigenvalue weighted by atomic mass is 10.3. The fourth-order valence-corrected chi connectivity index (χ4v) is 3.53. The van der Waals surface area contributed by atoms with Gasteiger partial charge in [-0.3, -0.25) is 4.79 Å². The molecule has 0 heterocycles. The summed E-state index contributed by atoms with van der Waals surface area (Å²) in [5, 5.41) is 9.14. The maximum Gasteiger partial charge on any atom is 0.259 e. The summed E-state index contributed by atoms with van der Waals surface area (Å²) < 4.78 is 4.43. The van der Waals surface area contributed by atoms with E-state index in [1.165, 1.54) is 6.07 Å². The lowest BCUT2D eigenvalue weighted by molar-refractivity contribution is -0.123. The highest BCUT2D eigenvalue weighted by Crippen LogP contribution is 2.30. The molecule has 2 rings (SSSR count). The number of ether oxygens (including phenoxy) is 1. The summed E-state index contributed by atoms with van der Waals surface area (Å²) in [5.41, 5.74) is 0.765. The molecule has 0 radical (unpaired) electrons. The van der Waals surface area contributed by atoms with Crippen LogP contribution in [-0.4, -0.2) is 27.6 Å². The molecular weight excluding hydrogens is 614 g/mol. The molecule has 0 unspecified atom stereocenters. The van der Waals surface area contributed by atoms with Crippen molar-refractivity contribution in [3.63, 3.8) is 0 Å². The molecule has 12 heteroatoms. The van der Waals surface area contributed by atoms with Gasteiger partial charge in [-0.25, -0.2) is 0 Å². The van der Waals surface area contributed by atoms with E-state index >= 15 is 0 Å². The lowest BCUT2D eigenvalue weighted by Crippen LogP contribution is -2.57. The number of amides is 1. The van der Waals surface area contributed by atoms with E-state index in [9.17, 15) is 4.79 Å². The van der Waals surface area contributed by atoms with Crippen molar-refractivity contribution in [2.75, 3.05) is 11.9 Å². The predicted molar refractivity (Wildman–Crippen MR) is 133 cm³/mol. The van der Waals surface area contributed by atoms with E-state index in [1.807, 2.05) is 24.3 Å². The second kappa shape index (κ2) is 11.3. The molecular formula is C17H13Cl5IN3O2S. The SMILES string of the molecule is O=C(COc1ccc(Cl)cc1Cl)N[C@H](NC(=S)Nc1ccccc1I)C(Cl)(Cl)Cl. The molecule has 156 valence electrons. The van der Waals surface area contributed by atoms with Crippen LogP contribution in [-0.2, 0) is 4.79 Å². The van der Waals surface area contributed by atoms with Gasteiger partial charge in [0.1, 0.15) is 11.9 Å². The smallest absolute Gasteiger partial charge is 0.259 e. The van der Waals surface area contributed by atoms with Gasteiger partial charge in [0, 0.05) is 8.59 Å². The number of nitrogens with one attached hydrogen (secondary N) is 3. The van der Waals surface area contributed by atoms with Crippen LogP contribution in [0, 0.1) is 3.57 Å². The second-order valence-electron chi connectivity index (χ2n) is 5.48. The van der Waals surface area contributed by atoms with Crippen molar-refractivity contribution < 1.29 is 9.53 Å². The van der Waals surface area contributed by atoms with Gasteiger partial charge in [-0.05, 0) is 65.1 Å². The van der Waals surface area contributed by atoms with E-state index in [0.717, 1.165) is 9.26 Å². The summed E-state index contributed by atoms with van der Waals surface area (Å²) in [7, 11) is 0. The van der Waals surface area contributed by atoms with Crippen molar-refractivity contribution in [1.29, 1.82) is 0 Å². The maximum absolute atomic E-state index is 12.3. The maximum atomic E-state index is 12.3. The Hall–Kier alpha value is -0.420. The monoisotopic (exact) mass is 625 g/mol.